The molecule has 0 aliphatic carbocycles. The van der Waals surface area contributed by atoms with Crippen LogP contribution in [0.2, 0.25) is 10.0 Å². The molecule has 2 amide bonds. The summed E-state index contributed by atoms with van der Waals surface area (Å²) < 4.78 is 19.3. The van der Waals surface area contributed by atoms with E-state index in [0.29, 0.717) is 21.4 Å². The van der Waals surface area contributed by atoms with Crippen molar-refractivity contribution in [2.45, 2.75) is 25.6 Å². The highest BCUT2D eigenvalue weighted by atomic mass is 35.5. The highest BCUT2D eigenvalue weighted by molar-refractivity contribution is 6.32. The molecular weight excluding hydrogens is 538 g/mol. The summed E-state index contributed by atoms with van der Waals surface area (Å²) in [6.45, 7) is -0.0749. The van der Waals surface area contributed by atoms with Crippen LogP contribution in [0.1, 0.15) is 16.7 Å². The van der Waals surface area contributed by atoms with E-state index in [1.54, 1.807) is 42.5 Å². The van der Waals surface area contributed by atoms with E-state index in [-0.39, 0.29) is 32.0 Å². The second-order valence-corrected chi connectivity index (χ2v) is 9.70. The lowest BCUT2D eigenvalue weighted by Crippen LogP contribution is -2.51. The molecule has 0 heterocycles. The van der Waals surface area contributed by atoms with Gasteiger partial charge in [0, 0.05) is 24.5 Å². The van der Waals surface area contributed by atoms with Gasteiger partial charge in [0.15, 0.2) is 6.61 Å². The van der Waals surface area contributed by atoms with Crippen LogP contribution in [0.5, 0.6) is 5.75 Å². The number of nitrogens with zero attached hydrogens (tertiary/aromatic N) is 1. The number of amides is 2. The lowest BCUT2D eigenvalue weighted by Gasteiger charge is -2.31. The van der Waals surface area contributed by atoms with Crippen molar-refractivity contribution in [2.75, 3.05) is 6.61 Å². The zero-order valence-corrected chi connectivity index (χ0v) is 22.5. The predicted molar refractivity (Wildman–Crippen MR) is 151 cm³/mol. The SMILES string of the molecule is O=C(NCc1ccccc1Cl)[C@H](Cc1ccccc1)N(Cc1ccc(F)cc1)C(=O)COc1ccccc1Cl. The molecule has 0 unspecified atom stereocenters. The molecule has 0 fully saturated rings. The highest BCUT2D eigenvalue weighted by Crippen LogP contribution is 2.24. The smallest absolute Gasteiger partial charge is 0.261 e. The third-order valence-electron chi connectivity index (χ3n) is 6.14. The van der Waals surface area contributed by atoms with Crippen LogP contribution in [0.25, 0.3) is 0 Å². The van der Waals surface area contributed by atoms with Crippen molar-refractivity contribution in [2.24, 2.45) is 0 Å². The Labute approximate surface area is 237 Å². The monoisotopic (exact) mass is 564 g/mol. The van der Waals surface area contributed by atoms with E-state index in [2.05, 4.69) is 5.32 Å². The van der Waals surface area contributed by atoms with Gasteiger partial charge in [-0.25, -0.2) is 4.39 Å². The summed E-state index contributed by atoms with van der Waals surface area (Å²) in [6.07, 6.45) is 0.258. The molecule has 1 N–H and O–H groups in total. The molecule has 0 saturated carbocycles. The maximum Gasteiger partial charge on any atom is 0.261 e. The standard InChI is InChI=1S/C31H27Cl2FN2O3/c32-26-11-5-4-10-24(26)19-35-31(38)28(18-22-8-2-1-3-9-22)36(20-23-14-16-25(34)17-15-23)30(37)21-39-29-13-7-6-12-27(29)33/h1-17,28H,18-21H2,(H,35,38)/t28-/m0/s1. The van der Waals surface area contributed by atoms with Gasteiger partial charge >= 0.3 is 0 Å². The van der Waals surface area contributed by atoms with Gasteiger partial charge in [0.1, 0.15) is 17.6 Å². The number of benzene rings is 4. The Bertz CT molecular complexity index is 1400. The van der Waals surface area contributed by atoms with Gasteiger partial charge in [-0.3, -0.25) is 9.59 Å². The zero-order chi connectivity index (χ0) is 27.6. The van der Waals surface area contributed by atoms with Crippen molar-refractivity contribution < 1.29 is 18.7 Å². The summed E-state index contributed by atoms with van der Waals surface area (Å²) in [5.41, 5.74) is 2.29. The highest BCUT2D eigenvalue weighted by Gasteiger charge is 2.31. The van der Waals surface area contributed by atoms with Crippen LogP contribution in [0.15, 0.2) is 103 Å². The van der Waals surface area contributed by atoms with Crippen LogP contribution in [-0.4, -0.2) is 29.4 Å². The Balaban J connectivity index is 1.62. The molecule has 0 aromatic heterocycles. The van der Waals surface area contributed by atoms with Gasteiger partial charge in [-0.05, 0) is 47.0 Å². The van der Waals surface area contributed by atoms with E-state index in [0.717, 1.165) is 11.1 Å². The van der Waals surface area contributed by atoms with Crippen molar-refractivity contribution in [1.82, 2.24) is 10.2 Å². The summed E-state index contributed by atoms with van der Waals surface area (Å²) in [4.78, 5) is 28.8. The van der Waals surface area contributed by atoms with E-state index >= 15 is 0 Å². The van der Waals surface area contributed by atoms with Crippen molar-refractivity contribution in [3.63, 3.8) is 0 Å². The maximum absolute atomic E-state index is 13.7. The number of hydrogen-bond donors (Lipinski definition) is 1. The van der Waals surface area contributed by atoms with Gasteiger partial charge in [-0.2, -0.15) is 0 Å². The Hall–Kier alpha value is -3.87. The van der Waals surface area contributed by atoms with Crippen molar-refractivity contribution in [3.8, 4) is 5.75 Å². The Morgan fingerprint density at radius 3 is 2.13 bits per heavy atom. The number of para-hydroxylation sites is 1. The minimum atomic E-state index is -0.887. The van der Waals surface area contributed by atoms with Crippen molar-refractivity contribution in [1.29, 1.82) is 0 Å². The fourth-order valence-electron chi connectivity index (χ4n) is 4.07. The number of hydrogen-bond acceptors (Lipinski definition) is 3. The van der Waals surface area contributed by atoms with Gasteiger partial charge < -0.3 is 15.0 Å². The van der Waals surface area contributed by atoms with Crippen molar-refractivity contribution in [3.05, 3.63) is 136 Å². The Morgan fingerprint density at radius 2 is 1.44 bits per heavy atom. The first-order valence-corrected chi connectivity index (χ1v) is 13.1. The van der Waals surface area contributed by atoms with E-state index < -0.39 is 17.8 Å². The second-order valence-electron chi connectivity index (χ2n) is 8.88. The predicted octanol–water partition coefficient (Wildman–Crippen LogP) is 6.47. The molecule has 0 aliphatic rings. The van der Waals surface area contributed by atoms with Gasteiger partial charge in [0.2, 0.25) is 5.91 Å². The normalized spacial score (nSPS) is 11.5. The quantitative estimate of drug-likeness (QED) is 0.227. The molecule has 0 spiro atoms. The molecule has 8 heteroatoms. The molecule has 4 rings (SSSR count). The zero-order valence-electron chi connectivity index (χ0n) is 21.0. The third-order valence-corrected chi connectivity index (χ3v) is 6.82. The Kier molecular flexibility index (Phi) is 9.95. The molecule has 1 atom stereocenters. The molecule has 39 heavy (non-hydrogen) atoms. The first-order valence-electron chi connectivity index (χ1n) is 12.4. The number of halogens is 3. The molecule has 0 bridgehead atoms. The fraction of sp³-hybridized carbons (Fsp3) is 0.161. The number of ether oxygens (including phenoxy) is 1. The summed E-state index contributed by atoms with van der Waals surface area (Å²) in [5.74, 6) is -0.811. The van der Waals surface area contributed by atoms with E-state index in [9.17, 15) is 14.0 Å². The van der Waals surface area contributed by atoms with Crippen LogP contribution in [0, 0.1) is 5.82 Å². The van der Waals surface area contributed by atoms with Crippen LogP contribution >= 0.6 is 23.2 Å². The van der Waals surface area contributed by atoms with Crippen LogP contribution < -0.4 is 10.1 Å². The fourth-order valence-corrected chi connectivity index (χ4v) is 4.46. The van der Waals surface area contributed by atoms with Crippen molar-refractivity contribution >= 4 is 35.0 Å². The van der Waals surface area contributed by atoms with E-state index in [4.69, 9.17) is 27.9 Å². The maximum atomic E-state index is 13.7. The summed E-state index contributed by atoms with van der Waals surface area (Å²) in [5, 5.41) is 3.84. The molecule has 5 nitrogen and oxygen atoms in total. The van der Waals surface area contributed by atoms with E-state index in [1.165, 1.54) is 17.0 Å². The lowest BCUT2D eigenvalue weighted by atomic mass is 10.0. The van der Waals surface area contributed by atoms with E-state index in [1.807, 2.05) is 48.5 Å². The van der Waals surface area contributed by atoms with Crippen LogP contribution in [0.4, 0.5) is 4.39 Å². The average Bonchev–Trinajstić information content (AvgIpc) is 2.95. The summed E-state index contributed by atoms with van der Waals surface area (Å²) in [7, 11) is 0. The summed E-state index contributed by atoms with van der Waals surface area (Å²) >= 11 is 12.5. The largest absolute Gasteiger partial charge is 0.482 e. The molecule has 200 valence electrons. The molecule has 0 radical (unpaired) electrons. The first kappa shape index (κ1) is 28.1. The average molecular weight is 565 g/mol. The topological polar surface area (TPSA) is 58.6 Å². The molecular formula is C31H27Cl2FN2O3. The molecule has 0 saturated heterocycles. The van der Waals surface area contributed by atoms with Gasteiger partial charge in [0.25, 0.3) is 5.91 Å². The summed E-state index contributed by atoms with van der Waals surface area (Å²) in [6, 6.07) is 28.4. The first-order chi connectivity index (χ1) is 18.9. The molecule has 4 aromatic carbocycles. The number of nitrogens with one attached hydrogen (secondary N) is 1. The van der Waals surface area contributed by atoms with Crippen LogP contribution in [-0.2, 0) is 29.1 Å². The second kappa shape index (κ2) is 13.8. The molecule has 4 aromatic rings. The van der Waals surface area contributed by atoms with Crippen LogP contribution in [0.3, 0.4) is 0 Å². The van der Waals surface area contributed by atoms with Gasteiger partial charge in [-0.15, -0.1) is 0 Å². The number of carbonyl (C=O) groups is 2. The minimum absolute atomic E-state index is 0.0714. The van der Waals surface area contributed by atoms with Gasteiger partial charge in [-0.1, -0.05) is 96.0 Å². The third kappa shape index (κ3) is 8.06. The number of carbonyl (C=O) groups excluding carboxylic acids is 2. The molecule has 0 aliphatic heterocycles. The Morgan fingerprint density at radius 1 is 0.795 bits per heavy atom. The van der Waals surface area contributed by atoms with Gasteiger partial charge in [0.05, 0.1) is 5.02 Å². The minimum Gasteiger partial charge on any atom is -0.482 e. The lowest BCUT2D eigenvalue weighted by molar-refractivity contribution is -0.142. The number of rotatable bonds is 11.